The van der Waals surface area contributed by atoms with E-state index in [1.807, 2.05) is 50.4 Å². The molecule has 0 aromatic heterocycles. The van der Waals surface area contributed by atoms with Gasteiger partial charge in [-0.3, -0.25) is 9.98 Å². The van der Waals surface area contributed by atoms with Gasteiger partial charge in [-0.15, -0.1) is 0 Å². The summed E-state index contributed by atoms with van der Waals surface area (Å²) in [6.07, 6.45) is 0. The van der Waals surface area contributed by atoms with Crippen LogP contribution in [-0.2, 0) is 0 Å². The lowest BCUT2D eigenvalue weighted by molar-refractivity contribution is 1.13. The van der Waals surface area contributed by atoms with Gasteiger partial charge < -0.3 is 0 Å². The first-order valence-electron chi connectivity index (χ1n) is 6.49. The van der Waals surface area contributed by atoms with Crippen molar-refractivity contribution in [1.82, 2.24) is 0 Å². The highest BCUT2D eigenvalue weighted by Crippen LogP contribution is 2.10. The first-order chi connectivity index (χ1) is 9.36. The van der Waals surface area contributed by atoms with Crippen molar-refractivity contribution in [3.05, 3.63) is 71.8 Å². The third-order valence-electron chi connectivity index (χ3n) is 2.86. The van der Waals surface area contributed by atoms with Crippen molar-refractivity contribution in [2.24, 2.45) is 9.98 Å². The van der Waals surface area contributed by atoms with Crippen LogP contribution in [0.25, 0.3) is 0 Å². The average molecular weight is 250 g/mol. The minimum absolute atomic E-state index is 0.746. The van der Waals surface area contributed by atoms with Gasteiger partial charge in [-0.25, -0.2) is 0 Å². The second kappa shape index (κ2) is 6.64. The van der Waals surface area contributed by atoms with Crippen LogP contribution in [0.2, 0.25) is 0 Å². The number of benzene rings is 2. The fourth-order valence-electron chi connectivity index (χ4n) is 2.02. The molecule has 0 aliphatic rings. The maximum Gasteiger partial charge on any atom is 0.0904 e. The Hall–Kier alpha value is -2.22. The number of nitrogens with zero attached hydrogens (tertiary/aromatic N) is 2. The van der Waals surface area contributed by atoms with Crippen molar-refractivity contribution in [1.29, 1.82) is 0 Å². The van der Waals surface area contributed by atoms with Crippen LogP contribution in [0.15, 0.2) is 70.6 Å². The van der Waals surface area contributed by atoms with E-state index in [4.69, 9.17) is 0 Å². The normalized spacial score (nSPS) is 12.5. The zero-order valence-corrected chi connectivity index (χ0v) is 11.4. The predicted molar refractivity (Wildman–Crippen MR) is 82.4 cm³/mol. The quantitative estimate of drug-likeness (QED) is 0.740. The Morgan fingerprint density at radius 1 is 0.789 bits per heavy atom. The largest absolute Gasteiger partial charge is 0.286 e. The molecule has 0 fully saturated rings. The standard InChI is InChI=1S/C17H18N2/c1-3-19-17(15-12-8-5-9-13-15)16(18-2)14-10-6-4-7-11-14/h4-13H,3H2,1-2H3. The summed E-state index contributed by atoms with van der Waals surface area (Å²) in [5, 5.41) is 0. The number of rotatable bonds is 4. The Morgan fingerprint density at radius 2 is 1.26 bits per heavy atom. The van der Waals surface area contributed by atoms with E-state index in [2.05, 4.69) is 34.3 Å². The van der Waals surface area contributed by atoms with E-state index in [0.29, 0.717) is 0 Å². The Balaban J connectivity index is 2.48. The van der Waals surface area contributed by atoms with Crippen molar-refractivity contribution in [3.63, 3.8) is 0 Å². The lowest BCUT2D eigenvalue weighted by Crippen LogP contribution is -2.17. The molecule has 0 amide bonds. The van der Waals surface area contributed by atoms with E-state index in [0.717, 1.165) is 29.1 Å². The molecule has 0 radical (unpaired) electrons. The average Bonchev–Trinajstić information content (AvgIpc) is 2.49. The van der Waals surface area contributed by atoms with Crippen LogP contribution in [0, 0.1) is 0 Å². The van der Waals surface area contributed by atoms with Crippen molar-refractivity contribution >= 4 is 11.4 Å². The first kappa shape index (κ1) is 13.2. The molecule has 19 heavy (non-hydrogen) atoms. The van der Waals surface area contributed by atoms with Gasteiger partial charge in [-0.1, -0.05) is 60.7 Å². The van der Waals surface area contributed by atoms with Crippen LogP contribution in [0.1, 0.15) is 18.1 Å². The van der Waals surface area contributed by atoms with E-state index < -0.39 is 0 Å². The molecule has 0 N–H and O–H groups in total. The number of hydrogen-bond donors (Lipinski definition) is 0. The Kier molecular flexibility index (Phi) is 4.62. The van der Waals surface area contributed by atoms with Crippen LogP contribution in [-0.4, -0.2) is 25.0 Å². The molecule has 0 spiro atoms. The van der Waals surface area contributed by atoms with Gasteiger partial charge in [-0.2, -0.15) is 0 Å². The van der Waals surface area contributed by atoms with E-state index in [1.165, 1.54) is 0 Å². The molecule has 0 unspecified atom stereocenters. The molecule has 0 atom stereocenters. The second-order valence-electron chi connectivity index (χ2n) is 4.13. The summed E-state index contributed by atoms with van der Waals surface area (Å²) in [4.78, 5) is 9.07. The third kappa shape index (κ3) is 3.16. The van der Waals surface area contributed by atoms with Crippen molar-refractivity contribution in [2.75, 3.05) is 13.6 Å². The maximum atomic E-state index is 4.63. The van der Waals surface area contributed by atoms with Gasteiger partial charge in [0.25, 0.3) is 0 Å². The second-order valence-corrected chi connectivity index (χ2v) is 4.13. The highest BCUT2D eigenvalue weighted by Gasteiger charge is 2.12. The molecule has 0 bridgehead atoms. The molecule has 96 valence electrons. The molecule has 0 saturated heterocycles. The highest BCUT2D eigenvalue weighted by molar-refractivity contribution is 6.53. The molecule has 2 rings (SSSR count). The fraction of sp³-hybridized carbons (Fsp3) is 0.176. The SMILES string of the molecule is CCN=C(C(=NC)c1ccccc1)c1ccccc1. The topological polar surface area (TPSA) is 24.7 Å². The van der Waals surface area contributed by atoms with Gasteiger partial charge in [0.05, 0.1) is 11.4 Å². The molecule has 2 heteroatoms. The molecule has 2 aromatic rings. The lowest BCUT2D eigenvalue weighted by atomic mass is 9.99. The third-order valence-corrected chi connectivity index (χ3v) is 2.86. The van der Waals surface area contributed by atoms with Crippen LogP contribution in [0.4, 0.5) is 0 Å². The first-order valence-corrected chi connectivity index (χ1v) is 6.49. The molecular weight excluding hydrogens is 232 g/mol. The summed E-state index contributed by atoms with van der Waals surface area (Å²) in [6, 6.07) is 20.4. The van der Waals surface area contributed by atoms with Crippen LogP contribution in [0.3, 0.4) is 0 Å². The minimum atomic E-state index is 0.746. The summed E-state index contributed by atoms with van der Waals surface area (Å²) in [6.45, 7) is 2.79. The molecule has 0 heterocycles. The molecule has 0 aliphatic carbocycles. The maximum absolute atomic E-state index is 4.63. The fourth-order valence-corrected chi connectivity index (χ4v) is 2.02. The Bertz CT molecular complexity index is 569. The molecule has 0 saturated carbocycles. The van der Waals surface area contributed by atoms with Gasteiger partial charge in [0.2, 0.25) is 0 Å². The zero-order valence-electron chi connectivity index (χ0n) is 11.4. The minimum Gasteiger partial charge on any atom is -0.286 e. The number of aliphatic imine (C=N–C) groups is 2. The monoisotopic (exact) mass is 250 g/mol. The number of hydrogen-bond acceptors (Lipinski definition) is 2. The predicted octanol–water partition coefficient (Wildman–Crippen LogP) is 3.61. The lowest BCUT2D eigenvalue weighted by Gasteiger charge is -2.10. The van der Waals surface area contributed by atoms with Gasteiger partial charge in [-0.05, 0) is 6.92 Å². The van der Waals surface area contributed by atoms with E-state index in [1.54, 1.807) is 0 Å². The van der Waals surface area contributed by atoms with Crippen molar-refractivity contribution in [2.45, 2.75) is 6.92 Å². The summed E-state index contributed by atoms with van der Waals surface area (Å²) in [5.41, 5.74) is 4.10. The Labute approximate surface area is 114 Å². The van der Waals surface area contributed by atoms with E-state index in [9.17, 15) is 0 Å². The van der Waals surface area contributed by atoms with E-state index in [-0.39, 0.29) is 0 Å². The summed E-state index contributed by atoms with van der Waals surface area (Å²) in [5.74, 6) is 0. The van der Waals surface area contributed by atoms with Gasteiger partial charge >= 0.3 is 0 Å². The smallest absolute Gasteiger partial charge is 0.0904 e. The molecule has 2 aromatic carbocycles. The summed E-state index contributed by atoms with van der Waals surface area (Å²) < 4.78 is 0. The zero-order chi connectivity index (χ0) is 13.5. The van der Waals surface area contributed by atoms with Gasteiger partial charge in [0, 0.05) is 24.7 Å². The highest BCUT2D eigenvalue weighted by atomic mass is 14.8. The van der Waals surface area contributed by atoms with Crippen LogP contribution < -0.4 is 0 Å². The van der Waals surface area contributed by atoms with Crippen LogP contribution in [0.5, 0.6) is 0 Å². The summed E-state index contributed by atoms with van der Waals surface area (Å²) in [7, 11) is 1.82. The van der Waals surface area contributed by atoms with Crippen LogP contribution >= 0.6 is 0 Å². The van der Waals surface area contributed by atoms with Gasteiger partial charge in [0.15, 0.2) is 0 Å². The summed E-state index contributed by atoms with van der Waals surface area (Å²) >= 11 is 0. The molecule has 0 aliphatic heterocycles. The van der Waals surface area contributed by atoms with Gasteiger partial charge in [0.1, 0.15) is 0 Å². The van der Waals surface area contributed by atoms with E-state index >= 15 is 0 Å². The van der Waals surface area contributed by atoms with Crippen molar-refractivity contribution in [3.8, 4) is 0 Å². The molecule has 2 nitrogen and oxygen atoms in total. The Morgan fingerprint density at radius 3 is 1.68 bits per heavy atom. The molecular formula is C17H18N2. The van der Waals surface area contributed by atoms with Crippen molar-refractivity contribution < 1.29 is 0 Å².